The first-order valence-electron chi connectivity index (χ1n) is 10.3. The summed E-state index contributed by atoms with van der Waals surface area (Å²) in [6.45, 7) is 0.282. The van der Waals surface area contributed by atoms with Crippen LogP contribution < -0.4 is 16.4 Å². The zero-order valence-electron chi connectivity index (χ0n) is 17.8. The largest absolute Gasteiger partial charge is 0.349 e. The Bertz CT molecular complexity index is 1450. The van der Waals surface area contributed by atoms with Crippen molar-refractivity contribution in [2.75, 3.05) is 6.54 Å². The average Bonchev–Trinajstić information content (AvgIpc) is 2.82. The number of amides is 1. The molecule has 0 aliphatic carbocycles. The van der Waals surface area contributed by atoms with Crippen LogP contribution in [0, 0.1) is 11.6 Å². The van der Waals surface area contributed by atoms with Gasteiger partial charge in [-0.15, -0.1) is 0 Å². The van der Waals surface area contributed by atoms with E-state index in [1.54, 1.807) is 6.07 Å². The Balaban J connectivity index is 1.39. The van der Waals surface area contributed by atoms with Crippen molar-refractivity contribution in [3.8, 4) is 11.3 Å². The molecule has 0 radical (unpaired) electrons. The summed E-state index contributed by atoms with van der Waals surface area (Å²) in [5.74, 6) is -1.35. The topological polar surface area (TPSA) is 98.9 Å². The quantitative estimate of drug-likeness (QED) is 0.453. The number of carbonyl (C=O) groups is 1. The smallest absolute Gasteiger partial charge is 0.271 e. The van der Waals surface area contributed by atoms with E-state index in [-0.39, 0.29) is 36.7 Å². The molecular formula is C24H19F2N5O3. The van der Waals surface area contributed by atoms with Crippen LogP contribution in [0.5, 0.6) is 0 Å². The number of hydrogen-bond acceptors (Lipinski definition) is 5. The van der Waals surface area contributed by atoms with Crippen molar-refractivity contribution in [1.29, 1.82) is 0 Å². The van der Waals surface area contributed by atoms with E-state index in [0.29, 0.717) is 16.8 Å². The van der Waals surface area contributed by atoms with Crippen LogP contribution in [-0.4, -0.2) is 31.8 Å². The summed E-state index contributed by atoms with van der Waals surface area (Å²) in [6, 6.07) is 15.2. The van der Waals surface area contributed by atoms with E-state index in [1.807, 2.05) is 0 Å². The van der Waals surface area contributed by atoms with Gasteiger partial charge in [0.05, 0.1) is 18.6 Å². The molecular weight excluding hydrogens is 444 g/mol. The van der Waals surface area contributed by atoms with E-state index in [2.05, 4.69) is 15.4 Å². The minimum Gasteiger partial charge on any atom is -0.349 e. The lowest BCUT2D eigenvalue weighted by molar-refractivity contribution is 0.0944. The van der Waals surface area contributed by atoms with Crippen LogP contribution in [0.3, 0.4) is 0 Å². The van der Waals surface area contributed by atoms with Gasteiger partial charge < -0.3 is 5.32 Å². The molecule has 0 unspecified atom stereocenters. The van der Waals surface area contributed by atoms with E-state index in [1.165, 1.54) is 71.6 Å². The molecule has 0 saturated heterocycles. The Kier molecular flexibility index (Phi) is 6.67. The maximum atomic E-state index is 13.4. The summed E-state index contributed by atoms with van der Waals surface area (Å²) in [7, 11) is 0. The fourth-order valence-corrected chi connectivity index (χ4v) is 3.24. The minimum absolute atomic E-state index is 0.00753. The van der Waals surface area contributed by atoms with Crippen molar-refractivity contribution in [1.82, 2.24) is 24.6 Å². The molecule has 4 rings (SSSR count). The molecule has 2 heterocycles. The van der Waals surface area contributed by atoms with E-state index in [4.69, 9.17) is 0 Å². The van der Waals surface area contributed by atoms with Gasteiger partial charge in [-0.05, 0) is 48.0 Å². The SMILES string of the molecule is O=C(NCCn1cnc(-c2ccc(F)cc2)cc1=O)c1ccc(=O)n(Cc2cccc(F)c2)n1. The van der Waals surface area contributed by atoms with E-state index >= 15 is 0 Å². The summed E-state index contributed by atoms with van der Waals surface area (Å²) in [4.78, 5) is 41.1. The Morgan fingerprint density at radius 3 is 2.44 bits per heavy atom. The van der Waals surface area contributed by atoms with Gasteiger partial charge in [-0.2, -0.15) is 5.10 Å². The predicted octanol–water partition coefficient (Wildman–Crippen LogP) is 2.22. The lowest BCUT2D eigenvalue weighted by Gasteiger charge is -2.09. The molecule has 1 amide bonds. The second-order valence-corrected chi connectivity index (χ2v) is 7.41. The first-order chi connectivity index (χ1) is 16.4. The second kappa shape index (κ2) is 9.99. The zero-order valence-corrected chi connectivity index (χ0v) is 17.8. The van der Waals surface area contributed by atoms with E-state index in [9.17, 15) is 23.2 Å². The number of rotatable bonds is 7. The van der Waals surface area contributed by atoms with Crippen LogP contribution in [0.4, 0.5) is 8.78 Å². The van der Waals surface area contributed by atoms with Gasteiger partial charge in [-0.3, -0.25) is 19.0 Å². The molecule has 0 spiro atoms. The fourth-order valence-electron chi connectivity index (χ4n) is 3.24. The third-order valence-electron chi connectivity index (χ3n) is 4.98. The number of nitrogens with one attached hydrogen (secondary N) is 1. The zero-order chi connectivity index (χ0) is 24.1. The summed E-state index contributed by atoms with van der Waals surface area (Å²) in [5.41, 5.74) is 0.801. The van der Waals surface area contributed by atoms with Crippen LogP contribution in [0.1, 0.15) is 16.1 Å². The van der Waals surface area contributed by atoms with Gasteiger partial charge in [0.25, 0.3) is 17.0 Å². The number of benzene rings is 2. The van der Waals surface area contributed by atoms with Crippen LogP contribution >= 0.6 is 0 Å². The summed E-state index contributed by atoms with van der Waals surface area (Å²) < 4.78 is 28.9. The highest BCUT2D eigenvalue weighted by molar-refractivity contribution is 5.91. The molecule has 4 aromatic rings. The number of nitrogens with zero attached hydrogens (tertiary/aromatic N) is 4. The van der Waals surface area contributed by atoms with Crippen LogP contribution in [-0.2, 0) is 13.1 Å². The molecule has 0 atom stereocenters. The predicted molar refractivity (Wildman–Crippen MR) is 120 cm³/mol. The molecule has 1 N–H and O–H groups in total. The Morgan fingerprint density at radius 1 is 0.912 bits per heavy atom. The highest BCUT2D eigenvalue weighted by Gasteiger charge is 2.11. The molecule has 2 aromatic carbocycles. The van der Waals surface area contributed by atoms with Crippen molar-refractivity contribution in [2.45, 2.75) is 13.1 Å². The van der Waals surface area contributed by atoms with Gasteiger partial charge in [0.2, 0.25) is 0 Å². The normalized spacial score (nSPS) is 10.8. The molecule has 0 bridgehead atoms. The number of aromatic nitrogens is 4. The van der Waals surface area contributed by atoms with Crippen LogP contribution in [0.15, 0.2) is 82.6 Å². The third-order valence-corrected chi connectivity index (χ3v) is 4.98. The molecule has 2 aromatic heterocycles. The first-order valence-corrected chi connectivity index (χ1v) is 10.3. The van der Waals surface area contributed by atoms with E-state index in [0.717, 1.165) is 4.68 Å². The summed E-state index contributed by atoms with van der Waals surface area (Å²) in [6.07, 6.45) is 1.35. The minimum atomic E-state index is -0.531. The van der Waals surface area contributed by atoms with Gasteiger partial charge in [0.15, 0.2) is 0 Å². The van der Waals surface area contributed by atoms with E-state index < -0.39 is 17.3 Å². The summed E-state index contributed by atoms with van der Waals surface area (Å²) in [5, 5.41) is 6.69. The van der Waals surface area contributed by atoms with Gasteiger partial charge >= 0.3 is 0 Å². The van der Waals surface area contributed by atoms with Gasteiger partial charge in [0.1, 0.15) is 17.3 Å². The first kappa shape index (κ1) is 22.7. The van der Waals surface area contributed by atoms with Crippen molar-refractivity contribution in [3.63, 3.8) is 0 Å². The van der Waals surface area contributed by atoms with Gasteiger partial charge in [-0.1, -0.05) is 12.1 Å². The Morgan fingerprint density at radius 2 is 1.71 bits per heavy atom. The molecule has 8 nitrogen and oxygen atoms in total. The number of halogens is 2. The molecule has 10 heteroatoms. The molecule has 34 heavy (non-hydrogen) atoms. The van der Waals surface area contributed by atoms with Crippen molar-refractivity contribution in [3.05, 3.63) is 117 Å². The van der Waals surface area contributed by atoms with Gasteiger partial charge in [0, 0.05) is 30.8 Å². The average molecular weight is 463 g/mol. The maximum absolute atomic E-state index is 13.4. The molecule has 0 aliphatic rings. The second-order valence-electron chi connectivity index (χ2n) is 7.41. The molecule has 172 valence electrons. The van der Waals surface area contributed by atoms with Crippen molar-refractivity contribution < 1.29 is 13.6 Å². The van der Waals surface area contributed by atoms with Crippen molar-refractivity contribution in [2.24, 2.45) is 0 Å². The lowest BCUT2D eigenvalue weighted by Crippen LogP contribution is -2.33. The van der Waals surface area contributed by atoms with Crippen LogP contribution in [0.2, 0.25) is 0 Å². The summed E-state index contributed by atoms with van der Waals surface area (Å²) >= 11 is 0. The Hall–Kier alpha value is -4.47. The molecule has 0 aliphatic heterocycles. The van der Waals surface area contributed by atoms with Gasteiger partial charge in [-0.25, -0.2) is 18.4 Å². The fraction of sp³-hybridized carbons (Fsp3) is 0.125. The number of hydrogen-bond donors (Lipinski definition) is 1. The highest BCUT2D eigenvalue weighted by atomic mass is 19.1. The third kappa shape index (κ3) is 5.47. The van der Waals surface area contributed by atoms with Crippen molar-refractivity contribution >= 4 is 5.91 Å². The number of carbonyl (C=O) groups excluding carboxylic acids is 1. The molecule has 0 fully saturated rings. The molecule has 0 saturated carbocycles. The maximum Gasteiger partial charge on any atom is 0.271 e. The lowest BCUT2D eigenvalue weighted by atomic mass is 10.1. The Labute approximate surface area is 192 Å². The highest BCUT2D eigenvalue weighted by Crippen LogP contribution is 2.15. The monoisotopic (exact) mass is 463 g/mol. The standard InChI is InChI=1S/C24H19F2N5O3/c25-18-6-4-17(5-7-18)21-13-23(33)30(15-28-21)11-10-27-24(34)20-8-9-22(32)31(29-20)14-16-2-1-3-19(26)12-16/h1-9,12-13,15H,10-11,14H2,(H,27,34). The van der Waals surface area contributed by atoms with Crippen LogP contribution in [0.25, 0.3) is 11.3 Å².